The van der Waals surface area contributed by atoms with E-state index in [1.165, 1.54) is 0 Å². The van der Waals surface area contributed by atoms with Crippen LogP contribution >= 0.6 is 0 Å². The molecule has 0 amide bonds. The van der Waals surface area contributed by atoms with Crippen LogP contribution in [0.3, 0.4) is 0 Å². The molecule has 0 fully saturated rings. The predicted octanol–water partition coefficient (Wildman–Crippen LogP) is -2.47. The van der Waals surface area contributed by atoms with Gasteiger partial charge >= 0.3 is 0 Å². The minimum Gasteiger partial charge on any atom is -0.394 e. The molecule has 0 bridgehead atoms. The lowest BCUT2D eigenvalue weighted by atomic mass is 10.0. The Morgan fingerprint density at radius 1 is 1.31 bits per heavy atom. The summed E-state index contributed by atoms with van der Waals surface area (Å²) in [6.07, 6.45) is -7.39. The monoisotopic (exact) mass is 198 g/mol. The molecule has 0 spiro atoms. The van der Waals surface area contributed by atoms with Crippen molar-refractivity contribution in [1.82, 2.24) is 0 Å². The van der Waals surface area contributed by atoms with E-state index >= 15 is 0 Å². The first-order valence-corrected chi connectivity index (χ1v) is 3.46. The van der Waals surface area contributed by atoms with Gasteiger partial charge in [-0.2, -0.15) is 4.94 Å². The molecule has 0 aliphatic rings. The van der Waals surface area contributed by atoms with Crippen molar-refractivity contribution in [2.45, 2.75) is 24.4 Å². The highest BCUT2D eigenvalue weighted by Crippen LogP contribution is 2.06. The Bertz CT molecular complexity index is 154. The standard InChI is InChI=1S/C6H11FO6/c7-13-4(2-9)6(12)5(11)3(10)1-8/h2-6,8,10-12H,1H2/t3-,4-,5-,6-/m1/s1. The Morgan fingerprint density at radius 3 is 2.15 bits per heavy atom. The van der Waals surface area contributed by atoms with Crippen LogP contribution < -0.4 is 0 Å². The maximum absolute atomic E-state index is 11.5. The molecule has 4 N–H and O–H groups in total. The number of hydrogen-bond acceptors (Lipinski definition) is 6. The first kappa shape index (κ1) is 12.4. The van der Waals surface area contributed by atoms with Crippen LogP contribution in [-0.4, -0.2) is 57.7 Å². The third-order valence-corrected chi connectivity index (χ3v) is 1.50. The fourth-order valence-corrected chi connectivity index (χ4v) is 0.684. The van der Waals surface area contributed by atoms with Crippen LogP contribution in [-0.2, 0) is 9.74 Å². The quantitative estimate of drug-likeness (QED) is 0.352. The summed E-state index contributed by atoms with van der Waals surface area (Å²) in [7, 11) is 0. The first-order chi connectivity index (χ1) is 6.08. The SMILES string of the molecule is O=C[C@@H](OF)[C@@H](O)[C@H](O)[C@H](O)CO. The summed E-state index contributed by atoms with van der Waals surface area (Å²) in [5.41, 5.74) is 0. The molecule has 0 heterocycles. The fraction of sp³-hybridized carbons (Fsp3) is 0.833. The van der Waals surface area contributed by atoms with Gasteiger partial charge in [0.1, 0.15) is 18.3 Å². The number of carbonyl (C=O) groups is 1. The zero-order valence-electron chi connectivity index (χ0n) is 6.58. The molecule has 0 rings (SSSR count). The van der Waals surface area contributed by atoms with Gasteiger partial charge in [-0.25, -0.2) is 0 Å². The summed E-state index contributed by atoms with van der Waals surface area (Å²) in [5.74, 6) is 0. The molecule has 4 atom stereocenters. The minimum absolute atomic E-state index is 0.0714. The van der Waals surface area contributed by atoms with E-state index in [9.17, 15) is 9.32 Å². The van der Waals surface area contributed by atoms with Gasteiger partial charge in [0.25, 0.3) is 0 Å². The predicted molar refractivity (Wildman–Crippen MR) is 37.2 cm³/mol. The van der Waals surface area contributed by atoms with Crippen LogP contribution in [0.25, 0.3) is 0 Å². The molecule has 0 aliphatic carbocycles. The second-order valence-electron chi connectivity index (χ2n) is 2.42. The molecule has 0 saturated carbocycles. The van der Waals surface area contributed by atoms with Crippen LogP contribution in [0.4, 0.5) is 4.53 Å². The number of aliphatic hydroxyl groups is 4. The molecule has 78 valence electrons. The Hall–Kier alpha value is -0.600. The van der Waals surface area contributed by atoms with Gasteiger partial charge in [-0.15, -0.1) is 0 Å². The van der Waals surface area contributed by atoms with E-state index in [4.69, 9.17) is 20.4 Å². The number of aliphatic hydroxyl groups excluding tert-OH is 4. The van der Waals surface area contributed by atoms with Gasteiger partial charge in [0.2, 0.25) is 0 Å². The Labute approximate surface area is 73.1 Å². The lowest BCUT2D eigenvalue weighted by Crippen LogP contribution is -2.46. The number of hydrogen-bond donors (Lipinski definition) is 4. The highest BCUT2D eigenvalue weighted by Gasteiger charge is 2.32. The third-order valence-electron chi connectivity index (χ3n) is 1.50. The van der Waals surface area contributed by atoms with E-state index in [2.05, 4.69) is 4.94 Å². The zero-order chi connectivity index (χ0) is 10.4. The minimum atomic E-state index is -1.93. The normalized spacial score (nSPS) is 20.4. The molecule has 0 aromatic rings. The van der Waals surface area contributed by atoms with Gasteiger partial charge in [0, 0.05) is 0 Å². The van der Waals surface area contributed by atoms with Crippen LogP contribution in [0, 0.1) is 0 Å². The molecule has 0 aliphatic heterocycles. The molecule has 7 heteroatoms. The van der Waals surface area contributed by atoms with Gasteiger partial charge < -0.3 is 25.2 Å². The maximum Gasteiger partial charge on any atom is 0.182 e. The van der Waals surface area contributed by atoms with E-state index in [-0.39, 0.29) is 6.29 Å². The Balaban J connectivity index is 4.21. The van der Waals surface area contributed by atoms with Crippen molar-refractivity contribution < 1.29 is 34.7 Å². The summed E-state index contributed by atoms with van der Waals surface area (Å²) >= 11 is 0. The van der Waals surface area contributed by atoms with Crippen LogP contribution in [0.15, 0.2) is 0 Å². The second-order valence-corrected chi connectivity index (χ2v) is 2.42. The van der Waals surface area contributed by atoms with Crippen molar-refractivity contribution in [3.05, 3.63) is 0 Å². The van der Waals surface area contributed by atoms with Gasteiger partial charge in [0.05, 0.1) is 6.61 Å². The summed E-state index contributed by atoms with van der Waals surface area (Å²) in [6.45, 7) is -0.823. The molecular weight excluding hydrogens is 187 g/mol. The largest absolute Gasteiger partial charge is 0.394 e. The van der Waals surface area contributed by atoms with Crippen molar-refractivity contribution in [3.63, 3.8) is 0 Å². The number of aldehydes is 1. The van der Waals surface area contributed by atoms with E-state index in [0.717, 1.165) is 0 Å². The van der Waals surface area contributed by atoms with Crippen molar-refractivity contribution >= 4 is 6.29 Å². The van der Waals surface area contributed by atoms with Gasteiger partial charge in [-0.1, -0.05) is 0 Å². The lowest BCUT2D eigenvalue weighted by Gasteiger charge is -2.22. The molecule has 0 saturated heterocycles. The number of halogens is 1. The smallest absolute Gasteiger partial charge is 0.182 e. The second kappa shape index (κ2) is 5.95. The van der Waals surface area contributed by atoms with Gasteiger partial charge in [-0.05, 0) is 4.53 Å². The summed E-state index contributed by atoms with van der Waals surface area (Å²) in [4.78, 5) is 13.0. The van der Waals surface area contributed by atoms with Crippen LogP contribution in [0.1, 0.15) is 0 Å². The van der Waals surface area contributed by atoms with Crippen LogP contribution in [0.5, 0.6) is 0 Å². The van der Waals surface area contributed by atoms with Crippen molar-refractivity contribution in [2.75, 3.05) is 6.61 Å². The molecule has 6 nitrogen and oxygen atoms in total. The Morgan fingerprint density at radius 2 is 1.85 bits per heavy atom. The fourth-order valence-electron chi connectivity index (χ4n) is 0.684. The lowest BCUT2D eigenvalue weighted by molar-refractivity contribution is -0.220. The molecule has 0 aromatic carbocycles. The van der Waals surface area contributed by atoms with E-state index in [0.29, 0.717) is 0 Å². The van der Waals surface area contributed by atoms with E-state index in [1.807, 2.05) is 0 Å². The summed E-state index contributed by atoms with van der Waals surface area (Å²) in [5, 5.41) is 35.0. The molecule has 0 radical (unpaired) electrons. The number of rotatable bonds is 6. The average molecular weight is 198 g/mol. The van der Waals surface area contributed by atoms with Crippen LogP contribution in [0.2, 0.25) is 0 Å². The first-order valence-electron chi connectivity index (χ1n) is 3.46. The molecule has 13 heavy (non-hydrogen) atoms. The zero-order valence-corrected chi connectivity index (χ0v) is 6.58. The highest BCUT2D eigenvalue weighted by atomic mass is 19.3. The van der Waals surface area contributed by atoms with Gasteiger partial charge in [-0.3, -0.25) is 0 Å². The van der Waals surface area contributed by atoms with E-state index < -0.39 is 31.0 Å². The summed E-state index contributed by atoms with van der Waals surface area (Å²) in [6, 6.07) is 0. The summed E-state index contributed by atoms with van der Waals surface area (Å²) < 4.78 is 11.5. The highest BCUT2D eigenvalue weighted by molar-refractivity contribution is 5.57. The van der Waals surface area contributed by atoms with Crippen molar-refractivity contribution in [1.29, 1.82) is 0 Å². The average Bonchev–Trinajstić information content (AvgIpc) is 2.17. The van der Waals surface area contributed by atoms with Gasteiger partial charge in [0.15, 0.2) is 12.4 Å². The third kappa shape index (κ3) is 3.33. The molecule has 0 aromatic heterocycles. The van der Waals surface area contributed by atoms with E-state index in [1.54, 1.807) is 0 Å². The maximum atomic E-state index is 11.5. The molecule has 0 unspecified atom stereocenters. The molecular formula is C6H11FO6. The van der Waals surface area contributed by atoms with Crippen molar-refractivity contribution in [2.24, 2.45) is 0 Å². The van der Waals surface area contributed by atoms with Crippen molar-refractivity contribution in [3.8, 4) is 0 Å². The number of carbonyl (C=O) groups excluding carboxylic acids is 1. The topological polar surface area (TPSA) is 107 Å². The Kier molecular flexibility index (Phi) is 5.67.